The lowest BCUT2D eigenvalue weighted by Gasteiger charge is -2.29. The fraction of sp³-hybridized carbons (Fsp3) is 0. The van der Waals surface area contributed by atoms with Gasteiger partial charge in [0.25, 0.3) is 0 Å². The highest BCUT2D eigenvalue weighted by Gasteiger charge is 2.22. The molecule has 0 amide bonds. The van der Waals surface area contributed by atoms with Crippen LogP contribution in [0.2, 0.25) is 0 Å². The van der Waals surface area contributed by atoms with Crippen molar-refractivity contribution in [3.05, 3.63) is 231 Å². The second kappa shape index (κ2) is 14.4. The average Bonchev–Trinajstić information content (AvgIpc) is 3.61. The normalized spacial score (nSPS) is 11.2. The molecule has 0 unspecified atom stereocenters. The molecule has 0 aliphatic heterocycles. The molecule has 0 bridgehead atoms. The van der Waals surface area contributed by atoms with Crippen molar-refractivity contribution in [1.82, 2.24) is 4.57 Å². The van der Waals surface area contributed by atoms with Gasteiger partial charge < -0.3 is 9.47 Å². The molecule has 0 saturated heterocycles. The zero-order valence-corrected chi connectivity index (χ0v) is 30.8. The second-order valence-electron chi connectivity index (χ2n) is 14.1. The number of nitrogens with zero attached hydrogens (tertiary/aromatic N) is 2. The van der Waals surface area contributed by atoms with E-state index in [1.54, 1.807) is 0 Å². The third kappa shape index (κ3) is 5.95. The van der Waals surface area contributed by atoms with Crippen molar-refractivity contribution >= 4 is 38.9 Å². The quantitative estimate of drug-likeness (QED) is 0.152. The summed E-state index contributed by atoms with van der Waals surface area (Å²) in [5, 5.41) is 2.46. The Morgan fingerprint density at radius 1 is 0.286 bits per heavy atom. The van der Waals surface area contributed by atoms with Gasteiger partial charge in [0, 0.05) is 33.4 Å². The largest absolute Gasteiger partial charge is 0.310 e. The fourth-order valence-electron chi connectivity index (χ4n) is 8.27. The summed E-state index contributed by atoms with van der Waals surface area (Å²) in [5.74, 6) is 0. The Balaban J connectivity index is 1.22. The summed E-state index contributed by atoms with van der Waals surface area (Å²) >= 11 is 0. The van der Waals surface area contributed by atoms with Crippen LogP contribution in [0.15, 0.2) is 231 Å². The second-order valence-corrected chi connectivity index (χ2v) is 14.1. The predicted molar refractivity (Wildman–Crippen MR) is 237 cm³/mol. The van der Waals surface area contributed by atoms with Gasteiger partial charge in [0.15, 0.2) is 0 Å². The zero-order valence-electron chi connectivity index (χ0n) is 30.8. The van der Waals surface area contributed by atoms with Crippen LogP contribution in [0.25, 0.3) is 72.0 Å². The number of aromatic nitrogens is 1. The van der Waals surface area contributed by atoms with Crippen molar-refractivity contribution in [2.24, 2.45) is 0 Å². The monoisotopic (exact) mass is 714 g/mol. The van der Waals surface area contributed by atoms with E-state index >= 15 is 0 Å². The smallest absolute Gasteiger partial charge is 0.0561 e. The molecule has 1 heterocycles. The maximum Gasteiger partial charge on any atom is 0.0561 e. The summed E-state index contributed by atoms with van der Waals surface area (Å²) in [7, 11) is 0. The third-order valence-corrected chi connectivity index (χ3v) is 10.8. The van der Waals surface area contributed by atoms with Crippen molar-refractivity contribution in [1.29, 1.82) is 0 Å². The zero-order chi connectivity index (χ0) is 37.3. The first kappa shape index (κ1) is 33.2. The molecular formula is C54H38N2. The van der Waals surface area contributed by atoms with Crippen molar-refractivity contribution in [2.45, 2.75) is 0 Å². The lowest BCUT2D eigenvalue weighted by atomic mass is 9.88. The molecule has 2 heteroatoms. The number of fused-ring (bicyclic) bond motifs is 3. The summed E-state index contributed by atoms with van der Waals surface area (Å²) in [4.78, 5) is 2.44. The van der Waals surface area contributed by atoms with Gasteiger partial charge in [-0.15, -0.1) is 0 Å². The molecule has 10 rings (SSSR count). The van der Waals surface area contributed by atoms with Gasteiger partial charge in [-0.05, 0) is 87.5 Å². The minimum Gasteiger partial charge on any atom is -0.310 e. The van der Waals surface area contributed by atoms with Gasteiger partial charge >= 0.3 is 0 Å². The predicted octanol–water partition coefficient (Wildman–Crippen LogP) is 14.9. The summed E-state index contributed by atoms with van der Waals surface area (Å²) in [5.41, 5.74) is 16.2. The lowest BCUT2D eigenvalue weighted by molar-refractivity contribution is 1.18. The Morgan fingerprint density at radius 3 is 1.52 bits per heavy atom. The van der Waals surface area contributed by atoms with Crippen LogP contribution in [0.3, 0.4) is 0 Å². The first-order valence-electron chi connectivity index (χ1n) is 19.2. The molecule has 0 aliphatic rings. The van der Waals surface area contributed by atoms with Crippen LogP contribution < -0.4 is 4.90 Å². The number of benzene rings is 9. The first-order chi connectivity index (χ1) is 27.8. The van der Waals surface area contributed by atoms with E-state index in [-0.39, 0.29) is 0 Å². The van der Waals surface area contributed by atoms with E-state index in [0.717, 1.165) is 33.8 Å². The minimum atomic E-state index is 1.08. The summed E-state index contributed by atoms with van der Waals surface area (Å²) in [6.07, 6.45) is 0. The van der Waals surface area contributed by atoms with E-state index < -0.39 is 0 Å². The van der Waals surface area contributed by atoms with Gasteiger partial charge in [0.1, 0.15) is 0 Å². The lowest BCUT2D eigenvalue weighted by Crippen LogP contribution is -2.11. The maximum absolute atomic E-state index is 2.44. The number of para-hydroxylation sites is 3. The van der Waals surface area contributed by atoms with Crippen molar-refractivity contribution in [3.8, 4) is 50.2 Å². The standard InChI is InChI=1S/C54H38N2/c1-4-19-39(20-5-1)41-23-18-26-43(37-41)55(44-35-36-51-50-32-15-17-34-53(50)56(54(51)38-44)42-24-8-3-9-25-42)52-33-16-14-31-49(52)48-30-13-12-29-47(48)46-28-11-10-27-45(46)40-21-6-2-7-22-40/h1-38H. The van der Waals surface area contributed by atoms with Gasteiger partial charge in [0.2, 0.25) is 0 Å². The SMILES string of the molecule is c1ccc(-c2cccc(N(c3ccc4c5ccccc5n(-c5ccccc5)c4c3)c3ccccc3-c3ccccc3-c3ccccc3-c3ccccc3)c2)cc1. The molecule has 56 heavy (non-hydrogen) atoms. The van der Waals surface area contributed by atoms with Gasteiger partial charge in [0.05, 0.1) is 16.7 Å². The molecule has 0 fully saturated rings. The highest BCUT2D eigenvalue weighted by molar-refractivity contribution is 6.10. The van der Waals surface area contributed by atoms with Crippen molar-refractivity contribution in [3.63, 3.8) is 0 Å². The van der Waals surface area contributed by atoms with Gasteiger partial charge in [-0.2, -0.15) is 0 Å². The molecule has 264 valence electrons. The Bertz CT molecular complexity index is 2960. The number of rotatable bonds is 8. The third-order valence-electron chi connectivity index (χ3n) is 10.8. The highest BCUT2D eigenvalue weighted by atomic mass is 15.1. The van der Waals surface area contributed by atoms with Crippen LogP contribution in [0, 0.1) is 0 Å². The van der Waals surface area contributed by atoms with Crippen molar-refractivity contribution in [2.75, 3.05) is 4.90 Å². The van der Waals surface area contributed by atoms with Gasteiger partial charge in [-0.1, -0.05) is 182 Å². The molecule has 10 aromatic rings. The average molecular weight is 715 g/mol. The molecule has 1 aromatic heterocycles. The minimum absolute atomic E-state index is 1.08. The molecule has 2 nitrogen and oxygen atoms in total. The Hall–Kier alpha value is -7.42. The summed E-state index contributed by atoms with van der Waals surface area (Å²) in [6.45, 7) is 0. The van der Waals surface area contributed by atoms with Crippen molar-refractivity contribution < 1.29 is 0 Å². The number of hydrogen-bond acceptors (Lipinski definition) is 1. The molecule has 0 atom stereocenters. The molecule has 0 N–H and O–H groups in total. The van der Waals surface area contributed by atoms with E-state index in [4.69, 9.17) is 0 Å². The molecule has 0 aliphatic carbocycles. The van der Waals surface area contributed by atoms with Crippen LogP contribution >= 0.6 is 0 Å². The van der Waals surface area contributed by atoms with Crippen LogP contribution in [-0.2, 0) is 0 Å². The molecule has 0 radical (unpaired) electrons. The van der Waals surface area contributed by atoms with Crippen LogP contribution in [-0.4, -0.2) is 4.57 Å². The Labute approximate surface area is 327 Å². The van der Waals surface area contributed by atoms with E-state index in [1.165, 1.54) is 55.2 Å². The van der Waals surface area contributed by atoms with Crippen LogP contribution in [0.4, 0.5) is 17.1 Å². The van der Waals surface area contributed by atoms with E-state index in [0.29, 0.717) is 0 Å². The topological polar surface area (TPSA) is 8.17 Å². The molecular weight excluding hydrogens is 677 g/mol. The number of hydrogen-bond donors (Lipinski definition) is 0. The fourth-order valence-corrected chi connectivity index (χ4v) is 8.27. The van der Waals surface area contributed by atoms with Crippen LogP contribution in [0.1, 0.15) is 0 Å². The summed E-state index contributed by atoms with van der Waals surface area (Å²) in [6, 6.07) is 83.1. The Morgan fingerprint density at radius 2 is 0.786 bits per heavy atom. The maximum atomic E-state index is 2.44. The van der Waals surface area contributed by atoms with Gasteiger partial charge in [-0.3, -0.25) is 0 Å². The molecule has 0 spiro atoms. The van der Waals surface area contributed by atoms with Gasteiger partial charge in [-0.25, -0.2) is 0 Å². The Kier molecular flexibility index (Phi) is 8.55. The number of anilines is 3. The molecule has 9 aromatic carbocycles. The van der Waals surface area contributed by atoms with E-state index in [1.807, 2.05) is 0 Å². The first-order valence-corrected chi connectivity index (χ1v) is 19.2. The van der Waals surface area contributed by atoms with E-state index in [2.05, 4.69) is 240 Å². The van der Waals surface area contributed by atoms with E-state index in [9.17, 15) is 0 Å². The highest BCUT2D eigenvalue weighted by Crippen LogP contribution is 2.46. The summed E-state index contributed by atoms with van der Waals surface area (Å²) < 4.78 is 2.40. The van der Waals surface area contributed by atoms with Crippen LogP contribution in [0.5, 0.6) is 0 Å². The molecule has 0 saturated carbocycles.